The van der Waals surface area contributed by atoms with E-state index in [1.807, 2.05) is 19.9 Å². The Kier molecular flexibility index (Phi) is 5.81. The van der Waals surface area contributed by atoms with Gasteiger partial charge in [0.1, 0.15) is 6.54 Å². The average molecular weight is 438 g/mol. The number of hydrogen-bond donors (Lipinski definition) is 0. The van der Waals surface area contributed by atoms with E-state index < -0.39 is 0 Å². The van der Waals surface area contributed by atoms with E-state index in [-0.39, 0.29) is 30.6 Å². The molecule has 0 fully saturated rings. The summed E-state index contributed by atoms with van der Waals surface area (Å²) in [5.74, 6) is 0.415. The van der Waals surface area contributed by atoms with Crippen molar-refractivity contribution in [1.29, 1.82) is 0 Å². The smallest absolute Gasteiger partial charge is 0.269 e. The van der Waals surface area contributed by atoms with Crippen LogP contribution in [0.4, 0.5) is 0 Å². The standard InChI is InChI=1S/C22H20ClN5O3/c1-14(2)27(12-19-25-26-22(31-19)15-7-9-16(23)10-8-15)21(30)13-28-18-6-4-3-5-17(18)24-11-20(28)29/h3-11,14H,12-13H2,1-2H3. The van der Waals surface area contributed by atoms with Gasteiger partial charge in [0.15, 0.2) is 0 Å². The molecule has 8 nitrogen and oxygen atoms in total. The van der Waals surface area contributed by atoms with Crippen molar-refractivity contribution in [2.75, 3.05) is 0 Å². The van der Waals surface area contributed by atoms with Gasteiger partial charge in [-0.25, -0.2) is 4.98 Å². The van der Waals surface area contributed by atoms with Crippen molar-refractivity contribution < 1.29 is 9.21 Å². The summed E-state index contributed by atoms with van der Waals surface area (Å²) in [5, 5.41) is 8.75. The van der Waals surface area contributed by atoms with E-state index in [2.05, 4.69) is 15.2 Å². The highest BCUT2D eigenvalue weighted by Gasteiger charge is 2.22. The first kappa shape index (κ1) is 20.7. The van der Waals surface area contributed by atoms with E-state index >= 15 is 0 Å². The molecule has 0 aliphatic rings. The number of benzene rings is 2. The zero-order chi connectivity index (χ0) is 22.0. The Bertz CT molecular complexity index is 1280. The van der Waals surface area contributed by atoms with Crippen LogP contribution in [0.1, 0.15) is 19.7 Å². The van der Waals surface area contributed by atoms with Crippen molar-refractivity contribution in [3.8, 4) is 11.5 Å². The van der Waals surface area contributed by atoms with Crippen LogP contribution in [0.15, 0.2) is 63.9 Å². The third kappa shape index (κ3) is 4.49. The quantitative estimate of drug-likeness (QED) is 0.458. The number of amides is 1. The molecular formula is C22H20ClN5O3. The predicted octanol–water partition coefficient (Wildman–Crippen LogP) is 3.54. The molecule has 0 bridgehead atoms. The number of fused-ring (bicyclic) bond motifs is 1. The number of carbonyl (C=O) groups is 1. The summed E-state index contributed by atoms with van der Waals surface area (Å²) in [6, 6.07) is 14.1. The van der Waals surface area contributed by atoms with Gasteiger partial charge in [-0.15, -0.1) is 10.2 Å². The summed E-state index contributed by atoms with van der Waals surface area (Å²) in [4.78, 5) is 31.2. The van der Waals surface area contributed by atoms with Gasteiger partial charge in [0.2, 0.25) is 17.7 Å². The number of halogens is 1. The van der Waals surface area contributed by atoms with Gasteiger partial charge in [-0.3, -0.25) is 14.2 Å². The zero-order valence-electron chi connectivity index (χ0n) is 17.0. The van der Waals surface area contributed by atoms with E-state index in [0.717, 1.165) is 5.56 Å². The molecule has 0 radical (unpaired) electrons. The molecule has 0 spiro atoms. The highest BCUT2D eigenvalue weighted by Crippen LogP contribution is 2.21. The van der Waals surface area contributed by atoms with Crippen LogP contribution >= 0.6 is 11.6 Å². The minimum atomic E-state index is -0.335. The third-order valence-electron chi connectivity index (χ3n) is 4.85. The molecule has 9 heteroatoms. The lowest BCUT2D eigenvalue weighted by Crippen LogP contribution is -2.40. The van der Waals surface area contributed by atoms with Crippen molar-refractivity contribution in [1.82, 2.24) is 24.6 Å². The van der Waals surface area contributed by atoms with E-state index in [1.54, 1.807) is 47.4 Å². The molecule has 0 saturated heterocycles. The first-order chi connectivity index (χ1) is 14.9. The first-order valence-corrected chi connectivity index (χ1v) is 10.1. The SMILES string of the molecule is CC(C)N(Cc1nnc(-c2ccc(Cl)cc2)o1)C(=O)Cn1c(=O)cnc2ccccc21. The summed E-state index contributed by atoms with van der Waals surface area (Å²) < 4.78 is 7.17. The van der Waals surface area contributed by atoms with Crippen LogP contribution in [-0.2, 0) is 17.9 Å². The topological polar surface area (TPSA) is 94.1 Å². The van der Waals surface area contributed by atoms with Crippen molar-refractivity contribution in [3.05, 3.63) is 76.0 Å². The number of aromatic nitrogens is 4. The highest BCUT2D eigenvalue weighted by atomic mass is 35.5. The second kappa shape index (κ2) is 8.69. The second-order valence-electron chi connectivity index (χ2n) is 7.29. The van der Waals surface area contributed by atoms with Crippen LogP contribution in [0.5, 0.6) is 0 Å². The molecule has 2 heterocycles. The molecule has 0 N–H and O–H groups in total. The average Bonchev–Trinajstić information content (AvgIpc) is 3.23. The molecular weight excluding hydrogens is 418 g/mol. The lowest BCUT2D eigenvalue weighted by atomic mass is 10.2. The van der Waals surface area contributed by atoms with Crippen LogP contribution in [0, 0.1) is 0 Å². The van der Waals surface area contributed by atoms with Crippen LogP contribution in [-0.4, -0.2) is 36.6 Å². The van der Waals surface area contributed by atoms with Gasteiger partial charge in [0.05, 0.1) is 23.8 Å². The number of rotatable bonds is 6. The van der Waals surface area contributed by atoms with Gasteiger partial charge in [0.25, 0.3) is 5.56 Å². The maximum atomic E-state index is 13.1. The second-order valence-corrected chi connectivity index (χ2v) is 7.73. The minimum absolute atomic E-state index is 0.113. The Morgan fingerprint density at radius 3 is 2.61 bits per heavy atom. The lowest BCUT2D eigenvalue weighted by Gasteiger charge is -2.25. The Labute approximate surface area is 183 Å². The molecule has 0 aliphatic carbocycles. The molecule has 0 atom stereocenters. The first-order valence-electron chi connectivity index (χ1n) is 9.75. The molecule has 2 aromatic heterocycles. The molecule has 2 aromatic carbocycles. The van der Waals surface area contributed by atoms with Crippen LogP contribution < -0.4 is 5.56 Å². The van der Waals surface area contributed by atoms with E-state index in [0.29, 0.717) is 27.8 Å². The molecule has 4 rings (SSSR count). The number of nitrogens with zero attached hydrogens (tertiary/aromatic N) is 5. The summed E-state index contributed by atoms with van der Waals surface area (Å²) >= 11 is 5.92. The summed E-state index contributed by atoms with van der Waals surface area (Å²) in [6.45, 7) is 3.80. The van der Waals surface area contributed by atoms with Gasteiger partial charge < -0.3 is 9.32 Å². The van der Waals surface area contributed by atoms with Crippen molar-refractivity contribution in [2.45, 2.75) is 33.0 Å². The number of carbonyl (C=O) groups excluding carboxylic acids is 1. The summed E-state index contributed by atoms with van der Waals surface area (Å²) in [5.41, 5.74) is 1.66. The van der Waals surface area contributed by atoms with E-state index in [1.165, 1.54) is 10.8 Å². The molecule has 0 unspecified atom stereocenters. The van der Waals surface area contributed by atoms with Crippen molar-refractivity contribution in [3.63, 3.8) is 0 Å². The predicted molar refractivity (Wildman–Crippen MR) is 116 cm³/mol. The van der Waals surface area contributed by atoms with Gasteiger partial charge in [0, 0.05) is 16.6 Å². The zero-order valence-corrected chi connectivity index (χ0v) is 17.8. The maximum Gasteiger partial charge on any atom is 0.269 e. The van der Waals surface area contributed by atoms with E-state index in [9.17, 15) is 9.59 Å². The molecule has 1 amide bonds. The van der Waals surface area contributed by atoms with Gasteiger partial charge in [-0.1, -0.05) is 23.7 Å². The van der Waals surface area contributed by atoms with Gasteiger partial charge in [-0.05, 0) is 50.2 Å². The van der Waals surface area contributed by atoms with E-state index in [4.69, 9.17) is 16.0 Å². The monoisotopic (exact) mass is 437 g/mol. The van der Waals surface area contributed by atoms with Crippen molar-refractivity contribution >= 4 is 28.5 Å². The van der Waals surface area contributed by atoms with Crippen molar-refractivity contribution in [2.24, 2.45) is 0 Å². The Morgan fingerprint density at radius 1 is 1.13 bits per heavy atom. The highest BCUT2D eigenvalue weighted by molar-refractivity contribution is 6.30. The van der Waals surface area contributed by atoms with Gasteiger partial charge in [-0.2, -0.15) is 0 Å². The molecule has 158 valence electrons. The third-order valence-corrected chi connectivity index (χ3v) is 5.11. The normalized spacial score (nSPS) is 11.2. The van der Waals surface area contributed by atoms with Crippen LogP contribution in [0.25, 0.3) is 22.5 Å². The molecule has 0 aliphatic heterocycles. The fraction of sp³-hybridized carbons (Fsp3) is 0.227. The number of para-hydroxylation sites is 2. The molecule has 31 heavy (non-hydrogen) atoms. The fourth-order valence-corrected chi connectivity index (χ4v) is 3.36. The van der Waals surface area contributed by atoms with Crippen LogP contribution in [0.3, 0.4) is 0 Å². The largest absolute Gasteiger partial charge is 0.419 e. The Morgan fingerprint density at radius 2 is 1.87 bits per heavy atom. The molecule has 0 saturated carbocycles. The number of hydrogen-bond acceptors (Lipinski definition) is 6. The Balaban J connectivity index is 1.56. The fourth-order valence-electron chi connectivity index (χ4n) is 3.24. The Hall–Kier alpha value is -3.52. The summed E-state index contributed by atoms with van der Waals surface area (Å²) in [6.07, 6.45) is 1.23. The molecule has 4 aromatic rings. The van der Waals surface area contributed by atoms with Crippen LogP contribution in [0.2, 0.25) is 5.02 Å². The lowest BCUT2D eigenvalue weighted by molar-refractivity contribution is -0.134. The summed E-state index contributed by atoms with van der Waals surface area (Å²) in [7, 11) is 0. The van der Waals surface area contributed by atoms with Gasteiger partial charge >= 0.3 is 0 Å². The minimum Gasteiger partial charge on any atom is -0.419 e. The maximum absolute atomic E-state index is 13.1.